The third-order valence-electron chi connectivity index (χ3n) is 5.95. The molecule has 0 unspecified atom stereocenters. The quantitative estimate of drug-likeness (QED) is 0.822. The maximum Gasteiger partial charge on any atom is 0.434 e. The zero-order chi connectivity index (χ0) is 21.6. The molecule has 2 fully saturated rings. The molecule has 2 aliphatic rings. The summed E-state index contributed by atoms with van der Waals surface area (Å²) in [5.41, 5.74) is 0.811. The Hall–Kier alpha value is -2.80. The SMILES string of the molecule is Cc1cnn(C)c1C1CCN(c2cc(N3CC(O)C3)c(C#N)c(C(F)(F)F)n2)CC1. The molecule has 4 rings (SSSR count). The van der Waals surface area contributed by atoms with E-state index in [-0.39, 0.29) is 24.6 Å². The van der Waals surface area contributed by atoms with Crippen LogP contribution in [0.25, 0.3) is 0 Å². The lowest BCUT2D eigenvalue weighted by Gasteiger charge is -2.39. The van der Waals surface area contributed by atoms with Crippen LogP contribution >= 0.6 is 0 Å². The summed E-state index contributed by atoms with van der Waals surface area (Å²) >= 11 is 0. The number of piperidine rings is 1. The van der Waals surface area contributed by atoms with Crippen LogP contribution in [0.4, 0.5) is 24.7 Å². The number of hydrogen-bond donors (Lipinski definition) is 1. The zero-order valence-electron chi connectivity index (χ0n) is 16.8. The first-order valence-corrected chi connectivity index (χ1v) is 9.87. The number of aryl methyl sites for hydroxylation is 2. The van der Waals surface area contributed by atoms with Gasteiger partial charge in [0, 0.05) is 50.9 Å². The largest absolute Gasteiger partial charge is 0.434 e. The molecule has 0 atom stereocenters. The summed E-state index contributed by atoms with van der Waals surface area (Å²) in [5, 5.41) is 23.3. The maximum atomic E-state index is 13.7. The van der Waals surface area contributed by atoms with E-state index in [2.05, 4.69) is 10.1 Å². The fourth-order valence-electron chi connectivity index (χ4n) is 4.42. The molecule has 4 heterocycles. The Kier molecular flexibility index (Phi) is 5.10. The standard InChI is InChI=1S/C20H23F3N6O/c1-12-9-25-27(2)18(12)13-3-5-28(6-4-13)17-7-16(29-10-14(30)11-29)15(8-24)19(26-17)20(21,22)23/h7,9,13-14,30H,3-6,10-11H2,1-2H3. The minimum atomic E-state index is -4.73. The summed E-state index contributed by atoms with van der Waals surface area (Å²) in [4.78, 5) is 7.29. The van der Waals surface area contributed by atoms with Crippen LogP contribution in [-0.2, 0) is 13.2 Å². The van der Waals surface area contributed by atoms with Gasteiger partial charge in [-0.05, 0) is 25.3 Å². The van der Waals surface area contributed by atoms with E-state index in [1.807, 2.05) is 29.7 Å². The molecular weight excluding hydrogens is 397 g/mol. The van der Waals surface area contributed by atoms with E-state index in [9.17, 15) is 23.5 Å². The Bertz CT molecular complexity index is 962. The normalized spacial score (nSPS) is 18.4. The number of halogens is 3. The van der Waals surface area contributed by atoms with Gasteiger partial charge in [0.1, 0.15) is 17.5 Å². The van der Waals surface area contributed by atoms with Gasteiger partial charge in [-0.15, -0.1) is 0 Å². The molecule has 30 heavy (non-hydrogen) atoms. The van der Waals surface area contributed by atoms with Gasteiger partial charge in [-0.3, -0.25) is 4.68 Å². The molecule has 2 aromatic heterocycles. The molecule has 10 heteroatoms. The number of aliphatic hydroxyl groups excluding tert-OH is 1. The number of nitrogens with zero attached hydrogens (tertiary/aromatic N) is 6. The van der Waals surface area contributed by atoms with Gasteiger partial charge in [0.05, 0.1) is 18.0 Å². The predicted octanol–water partition coefficient (Wildman–Crippen LogP) is 2.58. The highest BCUT2D eigenvalue weighted by Gasteiger charge is 2.40. The number of aliphatic hydroxyl groups is 1. The Morgan fingerprint density at radius 2 is 1.87 bits per heavy atom. The van der Waals surface area contributed by atoms with Crippen molar-refractivity contribution in [1.29, 1.82) is 5.26 Å². The summed E-state index contributed by atoms with van der Waals surface area (Å²) in [5.74, 6) is 0.511. The van der Waals surface area contributed by atoms with Gasteiger partial charge in [0.25, 0.3) is 0 Å². The van der Waals surface area contributed by atoms with Crippen LogP contribution in [0.5, 0.6) is 0 Å². The van der Waals surface area contributed by atoms with E-state index in [1.165, 1.54) is 0 Å². The number of anilines is 2. The van der Waals surface area contributed by atoms with Crippen molar-refractivity contribution in [3.63, 3.8) is 0 Å². The van der Waals surface area contributed by atoms with E-state index in [1.54, 1.807) is 17.0 Å². The van der Waals surface area contributed by atoms with Crippen LogP contribution in [0.15, 0.2) is 12.3 Å². The van der Waals surface area contributed by atoms with E-state index in [0.29, 0.717) is 19.0 Å². The lowest BCUT2D eigenvalue weighted by atomic mass is 9.91. The fraction of sp³-hybridized carbons (Fsp3) is 0.550. The monoisotopic (exact) mass is 420 g/mol. The van der Waals surface area contributed by atoms with Gasteiger partial charge in [-0.2, -0.15) is 23.5 Å². The zero-order valence-corrected chi connectivity index (χ0v) is 16.8. The first-order chi connectivity index (χ1) is 14.2. The molecule has 7 nitrogen and oxygen atoms in total. The number of pyridine rings is 1. The van der Waals surface area contributed by atoms with Crippen molar-refractivity contribution in [2.24, 2.45) is 7.05 Å². The van der Waals surface area contributed by atoms with Crippen molar-refractivity contribution >= 4 is 11.5 Å². The summed E-state index contributed by atoms with van der Waals surface area (Å²) in [6.45, 7) is 3.55. The topological polar surface area (TPSA) is 81.2 Å². The minimum absolute atomic E-state index is 0.185. The second-order valence-electron chi connectivity index (χ2n) is 7.99. The van der Waals surface area contributed by atoms with Crippen LogP contribution in [0.2, 0.25) is 0 Å². The second kappa shape index (κ2) is 7.47. The Labute approximate surface area is 172 Å². The van der Waals surface area contributed by atoms with Crippen LogP contribution in [0.1, 0.15) is 41.3 Å². The average molecular weight is 420 g/mol. The van der Waals surface area contributed by atoms with Gasteiger partial charge in [0.15, 0.2) is 5.69 Å². The molecule has 0 aromatic carbocycles. The first kappa shape index (κ1) is 20.5. The number of nitriles is 1. The van der Waals surface area contributed by atoms with Crippen LogP contribution in [0.3, 0.4) is 0 Å². The molecular formula is C20H23F3N6O. The van der Waals surface area contributed by atoms with E-state index in [0.717, 1.165) is 24.1 Å². The van der Waals surface area contributed by atoms with Crippen molar-refractivity contribution in [3.8, 4) is 6.07 Å². The number of aromatic nitrogens is 3. The fourth-order valence-corrected chi connectivity index (χ4v) is 4.42. The molecule has 2 aliphatic heterocycles. The lowest BCUT2D eigenvalue weighted by Crippen LogP contribution is -2.51. The third-order valence-corrected chi connectivity index (χ3v) is 5.95. The molecule has 2 saturated heterocycles. The summed E-state index contributed by atoms with van der Waals surface area (Å²) in [7, 11) is 1.90. The van der Waals surface area contributed by atoms with E-state index in [4.69, 9.17) is 0 Å². The summed E-state index contributed by atoms with van der Waals surface area (Å²) in [6.07, 6.45) is -1.95. The molecule has 0 amide bonds. The molecule has 160 valence electrons. The van der Waals surface area contributed by atoms with E-state index < -0.39 is 23.5 Å². The highest BCUT2D eigenvalue weighted by Crippen LogP contribution is 2.39. The van der Waals surface area contributed by atoms with Crippen molar-refractivity contribution in [2.45, 2.75) is 38.0 Å². The summed E-state index contributed by atoms with van der Waals surface area (Å²) < 4.78 is 42.8. The molecule has 0 bridgehead atoms. The van der Waals surface area contributed by atoms with Crippen molar-refractivity contribution < 1.29 is 18.3 Å². The Morgan fingerprint density at radius 1 is 1.20 bits per heavy atom. The van der Waals surface area contributed by atoms with Crippen LogP contribution in [0, 0.1) is 18.3 Å². The van der Waals surface area contributed by atoms with Gasteiger partial charge >= 0.3 is 6.18 Å². The van der Waals surface area contributed by atoms with Gasteiger partial charge < -0.3 is 14.9 Å². The maximum absolute atomic E-state index is 13.7. The Morgan fingerprint density at radius 3 is 2.37 bits per heavy atom. The van der Waals surface area contributed by atoms with Crippen molar-refractivity contribution in [1.82, 2.24) is 14.8 Å². The molecule has 2 aromatic rings. The highest BCUT2D eigenvalue weighted by atomic mass is 19.4. The lowest BCUT2D eigenvalue weighted by molar-refractivity contribution is -0.141. The number of rotatable bonds is 3. The van der Waals surface area contributed by atoms with Crippen molar-refractivity contribution in [3.05, 3.63) is 34.8 Å². The molecule has 0 saturated carbocycles. The number of alkyl halides is 3. The van der Waals surface area contributed by atoms with Crippen LogP contribution in [-0.4, -0.2) is 52.2 Å². The smallest absolute Gasteiger partial charge is 0.389 e. The molecule has 0 aliphatic carbocycles. The predicted molar refractivity (Wildman–Crippen MR) is 104 cm³/mol. The highest BCUT2D eigenvalue weighted by molar-refractivity contribution is 5.68. The number of β-amino-alcohol motifs (C(OH)–C–C–N with tert-alkyl or cyclic N) is 1. The minimum Gasteiger partial charge on any atom is -0.389 e. The first-order valence-electron chi connectivity index (χ1n) is 9.87. The summed E-state index contributed by atoms with van der Waals surface area (Å²) in [6, 6.07) is 3.22. The van der Waals surface area contributed by atoms with E-state index >= 15 is 0 Å². The Balaban J connectivity index is 1.63. The van der Waals surface area contributed by atoms with Gasteiger partial charge in [0.2, 0.25) is 0 Å². The van der Waals surface area contributed by atoms with Gasteiger partial charge in [-0.25, -0.2) is 4.98 Å². The molecule has 1 N–H and O–H groups in total. The number of hydrogen-bond acceptors (Lipinski definition) is 6. The molecule has 0 radical (unpaired) electrons. The van der Waals surface area contributed by atoms with Crippen LogP contribution < -0.4 is 9.80 Å². The van der Waals surface area contributed by atoms with Gasteiger partial charge in [-0.1, -0.05) is 0 Å². The van der Waals surface area contributed by atoms with Crippen molar-refractivity contribution in [2.75, 3.05) is 36.0 Å². The molecule has 0 spiro atoms. The third kappa shape index (κ3) is 3.58. The average Bonchev–Trinajstić information content (AvgIpc) is 3.02. The second-order valence-corrected chi connectivity index (χ2v) is 7.99.